The van der Waals surface area contributed by atoms with Crippen molar-refractivity contribution < 1.29 is 9.59 Å². The zero-order chi connectivity index (χ0) is 24.5. The number of nitrogen functional groups attached to an aromatic ring is 1. The van der Waals surface area contributed by atoms with E-state index in [1.807, 2.05) is 48.5 Å². The summed E-state index contributed by atoms with van der Waals surface area (Å²) in [5.74, 6) is -0.709. The van der Waals surface area contributed by atoms with Gasteiger partial charge in [0.2, 0.25) is 5.91 Å². The number of imide groups is 1. The fraction of sp³-hybridized carbons (Fsp3) is 0.214. The number of amides is 2. The van der Waals surface area contributed by atoms with Crippen molar-refractivity contribution in [2.24, 2.45) is 0 Å². The second-order valence-electron chi connectivity index (χ2n) is 9.01. The Balaban J connectivity index is 1.56. The first-order valence-electron chi connectivity index (χ1n) is 11.8. The smallest absolute Gasteiger partial charge is 0.267 e. The van der Waals surface area contributed by atoms with Gasteiger partial charge in [-0.2, -0.15) is 0 Å². The second-order valence-corrected chi connectivity index (χ2v) is 9.01. The van der Waals surface area contributed by atoms with Crippen molar-refractivity contribution in [3.05, 3.63) is 83.9 Å². The Labute approximate surface area is 205 Å². The van der Waals surface area contributed by atoms with E-state index in [4.69, 9.17) is 5.73 Å². The van der Waals surface area contributed by atoms with Crippen LogP contribution in [-0.2, 0) is 9.59 Å². The van der Waals surface area contributed by atoms with Gasteiger partial charge in [-0.25, -0.2) is 4.90 Å². The highest BCUT2D eigenvalue weighted by molar-refractivity contribution is 6.43. The molecular formula is C28H29N5O2. The van der Waals surface area contributed by atoms with Crippen LogP contribution in [0.3, 0.4) is 0 Å². The maximum absolute atomic E-state index is 13.6. The molecular weight excluding hydrogens is 438 g/mol. The van der Waals surface area contributed by atoms with Crippen molar-refractivity contribution in [2.45, 2.75) is 6.92 Å². The summed E-state index contributed by atoms with van der Waals surface area (Å²) in [5.41, 5.74) is 11.7. The number of likely N-dealkylation sites (N-methyl/N-ethyl adjacent to an activating group) is 1. The summed E-state index contributed by atoms with van der Waals surface area (Å²) in [4.78, 5) is 31.9. The first kappa shape index (κ1) is 22.7. The van der Waals surface area contributed by atoms with Crippen LogP contribution >= 0.6 is 0 Å². The van der Waals surface area contributed by atoms with Crippen LogP contribution in [0, 0.1) is 0 Å². The molecule has 3 aromatic rings. The first-order valence-corrected chi connectivity index (χ1v) is 11.8. The van der Waals surface area contributed by atoms with Crippen LogP contribution in [0.25, 0.3) is 11.3 Å². The number of anilines is 4. The largest absolute Gasteiger partial charge is 0.399 e. The predicted molar refractivity (Wildman–Crippen MR) is 142 cm³/mol. The Morgan fingerprint density at radius 3 is 2.26 bits per heavy atom. The molecule has 178 valence electrons. The van der Waals surface area contributed by atoms with Gasteiger partial charge in [0.25, 0.3) is 5.91 Å². The van der Waals surface area contributed by atoms with Crippen molar-refractivity contribution in [3.8, 4) is 0 Å². The Kier molecular flexibility index (Phi) is 6.01. The molecule has 35 heavy (non-hydrogen) atoms. The summed E-state index contributed by atoms with van der Waals surface area (Å²) in [6.07, 6.45) is 0. The third kappa shape index (κ3) is 4.38. The molecule has 0 spiro atoms. The number of piperazine rings is 1. The molecule has 2 aliphatic heterocycles. The Morgan fingerprint density at radius 1 is 0.914 bits per heavy atom. The monoisotopic (exact) mass is 467 g/mol. The highest BCUT2D eigenvalue weighted by Crippen LogP contribution is 2.42. The van der Waals surface area contributed by atoms with Gasteiger partial charge in [-0.1, -0.05) is 30.3 Å². The van der Waals surface area contributed by atoms with Crippen LogP contribution in [0.15, 0.2) is 72.8 Å². The van der Waals surface area contributed by atoms with Crippen molar-refractivity contribution in [2.75, 3.05) is 54.1 Å². The third-order valence-electron chi connectivity index (χ3n) is 6.58. The molecule has 0 atom stereocenters. The second kappa shape index (κ2) is 9.27. The van der Waals surface area contributed by atoms with E-state index in [1.54, 1.807) is 12.1 Å². The molecule has 0 unspecified atom stereocenters. The quantitative estimate of drug-likeness (QED) is 0.448. The molecule has 2 aliphatic rings. The van der Waals surface area contributed by atoms with Crippen molar-refractivity contribution in [1.82, 2.24) is 4.90 Å². The molecule has 2 amide bonds. The van der Waals surface area contributed by atoms with E-state index in [2.05, 4.69) is 34.3 Å². The lowest BCUT2D eigenvalue weighted by Gasteiger charge is -2.34. The normalized spacial score (nSPS) is 17.4. The number of hydrogen-bond donors (Lipinski definition) is 2. The number of rotatable bonds is 4. The molecule has 0 saturated carbocycles. The zero-order valence-corrected chi connectivity index (χ0v) is 20.0. The van der Waals surface area contributed by atoms with E-state index in [9.17, 15) is 9.59 Å². The topological polar surface area (TPSA) is 81.9 Å². The van der Waals surface area contributed by atoms with Crippen molar-refractivity contribution in [1.29, 1.82) is 0 Å². The number of benzene rings is 3. The molecule has 3 N–H and O–H groups in total. The Hall–Kier alpha value is -4.10. The first-order chi connectivity index (χ1) is 16.9. The van der Waals surface area contributed by atoms with Gasteiger partial charge in [-0.05, 0) is 55.1 Å². The summed E-state index contributed by atoms with van der Waals surface area (Å²) in [7, 11) is 2.15. The van der Waals surface area contributed by atoms with Gasteiger partial charge in [-0.3, -0.25) is 9.59 Å². The fourth-order valence-electron chi connectivity index (χ4n) is 4.68. The Morgan fingerprint density at radius 2 is 1.60 bits per heavy atom. The molecule has 0 radical (unpaired) electrons. The summed E-state index contributed by atoms with van der Waals surface area (Å²) in [6, 6.07) is 23.2. The number of hydrogen-bond acceptors (Lipinski definition) is 6. The summed E-state index contributed by atoms with van der Waals surface area (Å²) < 4.78 is 0. The number of fused-ring (bicyclic) bond motifs is 1. The van der Waals surface area contributed by atoms with Crippen LogP contribution in [0.1, 0.15) is 18.1 Å². The average Bonchev–Trinajstić information content (AvgIpc) is 3.15. The zero-order valence-electron chi connectivity index (χ0n) is 20.0. The minimum absolute atomic E-state index is 0.346. The van der Waals surface area contributed by atoms with Crippen LogP contribution in [0.5, 0.6) is 0 Å². The Bertz CT molecular complexity index is 1290. The van der Waals surface area contributed by atoms with E-state index in [-0.39, 0.29) is 11.8 Å². The van der Waals surface area contributed by atoms with Crippen LogP contribution in [-0.4, -0.2) is 49.9 Å². The fourth-order valence-corrected chi connectivity index (χ4v) is 4.68. The van der Waals surface area contributed by atoms with Gasteiger partial charge in [0.05, 0.1) is 17.0 Å². The molecule has 0 bridgehead atoms. The van der Waals surface area contributed by atoms with E-state index in [0.29, 0.717) is 28.2 Å². The average molecular weight is 468 g/mol. The third-order valence-corrected chi connectivity index (χ3v) is 6.58. The summed E-state index contributed by atoms with van der Waals surface area (Å²) >= 11 is 0. The predicted octanol–water partition coefficient (Wildman–Crippen LogP) is 3.89. The van der Waals surface area contributed by atoms with Gasteiger partial charge >= 0.3 is 0 Å². The van der Waals surface area contributed by atoms with Crippen LogP contribution in [0.4, 0.5) is 22.7 Å². The highest BCUT2D eigenvalue weighted by Gasteiger charge is 2.37. The number of carbonyl (C=O) groups excluding carboxylic acids is 2. The number of carbonyl (C=O) groups is 2. The van der Waals surface area contributed by atoms with Gasteiger partial charge < -0.3 is 20.9 Å². The molecule has 1 saturated heterocycles. The standard InChI is InChI=1S/C28H29N5O2/c1-19(34)33-25-18-21(29)8-13-24(25)26(28(33)35)27(20-6-4-3-5-7-20)30-22-9-11-23(12-10-22)32-16-14-31(2)15-17-32/h3-13,18,30H,14-17,29H2,1-2H3/b27-26-. The maximum atomic E-state index is 13.6. The van der Waals surface area contributed by atoms with Gasteiger partial charge in [0.15, 0.2) is 0 Å². The molecule has 7 nitrogen and oxygen atoms in total. The molecule has 7 heteroatoms. The van der Waals surface area contributed by atoms with Crippen LogP contribution in [0.2, 0.25) is 0 Å². The van der Waals surface area contributed by atoms with E-state index in [1.165, 1.54) is 17.5 Å². The number of nitrogens with one attached hydrogen (secondary N) is 1. The summed E-state index contributed by atoms with van der Waals surface area (Å²) in [6.45, 7) is 5.47. The maximum Gasteiger partial charge on any atom is 0.267 e. The van der Waals surface area contributed by atoms with Gasteiger partial charge in [0, 0.05) is 55.7 Å². The van der Waals surface area contributed by atoms with Crippen molar-refractivity contribution >= 4 is 45.8 Å². The number of nitrogens with zero attached hydrogens (tertiary/aromatic N) is 3. The lowest BCUT2D eigenvalue weighted by Crippen LogP contribution is -2.44. The van der Waals surface area contributed by atoms with Crippen molar-refractivity contribution in [3.63, 3.8) is 0 Å². The lowest BCUT2D eigenvalue weighted by atomic mass is 9.99. The molecule has 1 fully saturated rings. The molecule has 0 aliphatic carbocycles. The molecule has 3 aromatic carbocycles. The minimum Gasteiger partial charge on any atom is -0.399 e. The van der Waals surface area contributed by atoms with Crippen LogP contribution < -0.4 is 20.9 Å². The van der Waals surface area contributed by atoms with E-state index >= 15 is 0 Å². The molecule has 0 aromatic heterocycles. The number of nitrogens with two attached hydrogens (primary N) is 1. The highest BCUT2D eigenvalue weighted by atomic mass is 16.2. The lowest BCUT2D eigenvalue weighted by molar-refractivity contribution is -0.122. The van der Waals surface area contributed by atoms with E-state index < -0.39 is 0 Å². The van der Waals surface area contributed by atoms with Gasteiger partial charge in [-0.15, -0.1) is 0 Å². The summed E-state index contributed by atoms with van der Waals surface area (Å²) in [5, 5.41) is 3.48. The van der Waals surface area contributed by atoms with E-state index in [0.717, 1.165) is 37.4 Å². The molecule has 2 heterocycles. The minimum atomic E-state index is -0.362. The molecule has 5 rings (SSSR count). The van der Waals surface area contributed by atoms with Gasteiger partial charge in [0.1, 0.15) is 0 Å². The SMILES string of the molecule is CC(=O)N1C(=O)/C(=C(\Nc2ccc(N3CCN(C)CC3)cc2)c2ccccc2)c2ccc(N)cc21.